The molecule has 5 nitrogen and oxygen atoms in total. The molecule has 0 aromatic heterocycles. The van der Waals surface area contributed by atoms with E-state index in [1.807, 2.05) is 0 Å². The number of nitrogens with zero attached hydrogens (tertiary/aromatic N) is 1. The van der Waals surface area contributed by atoms with Gasteiger partial charge in [-0.15, -0.1) is 0 Å². The predicted octanol–water partition coefficient (Wildman–Crippen LogP) is 2.14. The minimum Gasteiger partial charge on any atom is -0.545 e. The van der Waals surface area contributed by atoms with Crippen LogP contribution in [0.25, 0.3) is 0 Å². The smallest absolute Gasteiger partial charge is 0.256 e. The molecule has 1 aliphatic heterocycles. The third-order valence-corrected chi connectivity index (χ3v) is 4.79. The van der Waals surface area contributed by atoms with Crippen LogP contribution in [-0.4, -0.2) is 43.1 Å². The molecule has 0 unspecified atom stereocenters. The second-order valence-electron chi connectivity index (χ2n) is 4.20. The van der Waals surface area contributed by atoms with Crippen LogP contribution in [0.3, 0.4) is 0 Å². The van der Waals surface area contributed by atoms with E-state index in [9.17, 15) is 14.7 Å². The van der Waals surface area contributed by atoms with E-state index in [0.717, 1.165) is 0 Å². The standard InChI is InChI=1S/C12H9Cl4NO4/c13-7-5(11(18)17-1-3-21-4-2-17)6(12(19)20)8(14)10(16)9(7)15/h1-4H2,(H,19,20)/p-1. The molecular formula is C12H8Cl4NO4-. The number of carbonyl (C=O) groups excluding carboxylic acids is 2. The molecule has 114 valence electrons. The van der Waals surface area contributed by atoms with Gasteiger partial charge in [-0.2, -0.15) is 0 Å². The van der Waals surface area contributed by atoms with Gasteiger partial charge in [0.05, 0.1) is 44.8 Å². The molecule has 0 N–H and O–H groups in total. The number of hydrogen-bond acceptors (Lipinski definition) is 4. The van der Waals surface area contributed by atoms with Crippen LogP contribution in [0.1, 0.15) is 20.7 Å². The zero-order valence-corrected chi connectivity index (χ0v) is 13.4. The summed E-state index contributed by atoms with van der Waals surface area (Å²) in [5, 5.41) is 10.2. The predicted molar refractivity (Wildman–Crippen MR) is 77.5 cm³/mol. The topological polar surface area (TPSA) is 69.7 Å². The lowest BCUT2D eigenvalue weighted by atomic mass is 10.1. The number of morpholine rings is 1. The Morgan fingerprint density at radius 1 is 0.905 bits per heavy atom. The highest BCUT2D eigenvalue weighted by Crippen LogP contribution is 2.41. The van der Waals surface area contributed by atoms with Gasteiger partial charge in [0.1, 0.15) is 0 Å². The summed E-state index contributed by atoms with van der Waals surface area (Å²) in [5.74, 6) is -2.26. The van der Waals surface area contributed by atoms with Crippen molar-refractivity contribution in [2.24, 2.45) is 0 Å². The Morgan fingerprint density at radius 3 is 1.86 bits per heavy atom. The number of benzene rings is 1. The highest BCUT2D eigenvalue weighted by molar-refractivity contribution is 6.54. The van der Waals surface area contributed by atoms with E-state index >= 15 is 0 Å². The van der Waals surface area contributed by atoms with Crippen molar-refractivity contribution in [2.75, 3.05) is 26.3 Å². The first-order valence-corrected chi connectivity index (χ1v) is 7.31. The molecule has 0 bridgehead atoms. The fourth-order valence-corrected chi connectivity index (χ4v) is 2.96. The highest BCUT2D eigenvalue weighted by atomic mass is 35.5. The van der Waals surface area contributed by atoms with Gasteiger partial charge in [-0.3, -0.25) is 4.79 Å². The van der Waals surface area contributed by atoms with Crippen LogP contribution >= 0.6 is 46.4 Å². The molecule has 1 aromatic carbocycles. The second kappa shape index (κ2) is 6.58. The number of aromatic carboxylic acids is 1. The first-order valence-electron chi connectivity index (χ1n) is 5.80. The van der Waals surface area contributed by atoms with Crippen molar-refractivity contribution in [1.29, 1.82) is 0 Å². The summed E-state index contributed by atoms with van der Waals surface area (Å²) >= 11 is 23.6. The van der Waals surface area contributed by atoms with E-state index in [1.165, 1.54) is 4.90 Å². The first-order chi connectivity index (χ1) is 9.86. The van der Waals surface area contributed by atoms with E-state index in [4.69, 9.17) is 51.1 Å². The minimum absolute atomic E-state index is 0.176. The van der Waals surface area contributed by atoms with Crippen LogP contribution in [-0.2, 0) is 4.74 Å². The molecule has 1 heterocycles. The molecule has 0 atom stereocenters. The molecular weight excluding hydrogens is 364 g/mol. The van der Waals surface area contributed by atoms with Gasteiger partial charge in [-0.05, 0) is 0 Å². The van der Waals surface area contributed by atoms with Crippen molar-refractivity contribution >= 4 is 58.3 Å². The van der Waals surface area contributed by atoms with Crippen molar-refractivity contribution in [3.63, 3.8) is 0 Å². The van der Waals surface area contributed by atoms with E-state index in [2.05, 4.69) is 0 Å². The summed E-state index contributed by atoms with van der Waals surface area (Å²) in [4.78, 5) is 25.2. The van der Waals surface area contributed by atoms with Crippen LogP contribution in [0.4, 0.5) is 0 Å². The summed E-state index contributed by atoms with van der Waals surface area (Å²) in [5.41, 5.74) is -0.884. The number of ether oxygens (including phenoxy) is 1. The van der Waals surface area contributed by atoms with Gasteiger partial charge < -0.3 is 19.5 Å². The lowest BCUT2D eigenvalue weighted by molar-refractivity contribution is -0.255. The zero-order valence-electron chi connectivity index (χ0n) is 10.4. The Bertz CT molecular complexity index is 614. The van der Waals surface area contributed by atoms with Gasteiger partial charge >= 0.3 is 0 Å². The summed E-state index contributed by atoms with van der Waals surface area (Å²) < 4.78 is 5.13. The van der Waals surface area contributed by atoms with Crippen LogP contribution in [0.5, 0.6) is 0 Å². The number of carboxylic acids is 1. The number of carbonyl (C=O) groups is 2. The van der Waals surface area contributed by atoms with Gasteiger partial charge in [0, 0.05) is 18.7 Å². The quantitative estimate of drug-likeness (QED) is 0.589. The Balaban J connectivity index is 2.61. The number of carboxylic acid groups (broad SMARTS) is 1. The van der Waals surface area contributed by atoms with E-state index in [0.29, 0.717) is 26.3 Å². The van der Waals surface area contributed by atoms with Gasteiger partial charge in [0.25, 0.3) is 5.91 Å². The molecule has 0 saturated carbocycles. The maximum Gasteiger partial charge on any atom is 0.256 e. The molecule has 21 heavy (non-hydrogen) atoms. The van der Waals surface area contributed by atoms with Crippen molar-refractivity contribution < 1.29 is 19.4 Å². The molecule has 1 aliphatic rings. The molecule has 0 spiro atoms. The second-order valence-corrected chi connectivity index (χ2v) is 5.71. The zero-order chi connectivity index (χ0) is 15.7. The lowest BCUT2D eigenvalue weighted by Gasteiger charge is -2.28. The molecule has 0 radical (unpaired) electrons. The van der Waals surface area contributed by atoms with Gasteiger partial charge in [-0.1, -0.05) is 46.4 Å². The Kier molecular flexibility index (Phi) is 5.22. The maximum atomic E-state index is 12.5. The average molecular weight is 372 g/mol. The number of hydrogen-bond donors (Lipinski definition) is 0. The average Bonchev–Trinajstić information content (AvgIpc) is 2.48. The fourth-order valence-electron chi connectivity index (χ4n) is 1.95. The SMILES string of the molecule is O=C([O-])c1c(Cl)c(Cl)c(Cl)c(Cl)c1C(=O)N1CCOCC1. The molecule has 2 rings (SSSR count). The lowest BCUT2D eigenvalue weighted by Crippen LogP contribution is -2.42. The Labute approximate surface area is 140 Å². The van der Waals surface area contributed by atoms with E-state index in [1.54, 1.807) is 0 Å². The Hall–Kier alpha value is -0.720. The summed E-state index contributed by atoms with van der Waals surface area (Å²) in [6.45, 7) is 1.30. The van der Waals surface area contributed by atoms with Crippen molar-refractivity contribution in [3.8, 4) is 0 Å². The van der Waals surface area contributed by atoms with Gasteiger partial charge in [0.15, 0.2) is 0 Å². The molecule has 1 aromatic rings. The Morgan fingerprint density at radius 2 is 1.38 bits per heavy atom. The fraction of sp³-hybridized carbons (Fsp3) is 0.333. The third kappa shape index (κ3) is 3.07. The molecule has 9 heteroatoms. The summed E-state index contributed by atoms with van der Waals surface area (Å²) in [7, 11) is 0. The van der Waals surface area contributed by atoms with E-state index in [-0.39, 0.29) is 25.7 Å². The number of amides is 1. The van der Waals surface area contributed by atoms with Crippen molar-refractivity contribution in [1.82, 2.24) is 4.90 Å². The van der Waals surface area contributed by atoms with Crippen LogP contribution < -0.4 is 5.11 Å². The van der Waals surface area contributed by atoms with Crippen LogP contribution in [0.15, 0.2) is 0 Å². The molecule has 1 saturated heterocycles. The first kappa shape index (κ1) is 16.6. The van der Waals surface area contributed by atoms with Gasteiger partial charge in [0.2, 0.25) is 0 Å². The minimum atomic E-state index is -1.66. The largest absolute Gasteiger partial charge is 0.545 e. The number of rotatable bonds is 2. The van der Waals surface area contributed by atoms with Crippen LogP contribution in [0.2, 0.25) is 20.1 Å². The highest BCUT2D eigenvalue weighted by Gasteiger charge is 2.29. The molecule has 1 amide bonds. The van der Waals surface area contributed by atoms with Gasteiger partial charge in [-0.25, -0.2) is 0 Å². The third-order valence-electron chi connectivity index (χ3n) is 2.98. The summed E-state index contributed by atoms with van der Waals surface area (Å²) in [6.07, 6.45) is 0. The normalized spacial score (nSPS) is 15.1. The van der Waals surface area contributed by atoms with Crippen molar-refractivity contribution in [3.05, 3.63) is 31.2 Å². The molecule has 1 fully saturated rings. The van der Waals surface area contributed by atoms with Crippen LogP contribution in [0, 0.1) is 0 Å². The van der Waals surface area contributed by atoms with Crippen molar-refractivity contribution in [2.45, 2.75) is 0 Å². The maximum absolute atomic E-state index is 12.5. The molecule has 0 aliphatic carbocycles. The number of halogens is 4. The van der Waals surface area contributed by atoms with E-state index < -0.39 is 17.4 Å². The summed E-state index contributed by atoms with van der Waals surface area (Å²) in [6, 6.07) is 0. The monoisotopic (exact) mass is 370 g/mol.